The van der Waals surface area contributed by atoms with E-state index in [0.29, 0.717) is 30.4 Å². The summed E-state index contributed by atoms with van der Waals surface area (Å²) in [7, 11) is 0. The lowest BCUT2D eigenvalue weighted by Crippen LogP contribution is -2.80. The second-order valence-corrected chi connectivity index (χ2v) is 6.56. The summed E-state index contributed by atoms with van der Waals surface area (Å²) in [6.07, 6.45) is 1.29. The molecule has 26 heavy (non-hydrogen) atoms. The Morgan fingerprint density at radius 1 is 1.27 bits per heavy atom. The van der Waals surface area contributed by atoms with Crippen LogP contribution in [0.15, 0.2) is 57.7 Å². The molecule has 1 atom stereocenters. The first-order chi connectivity index (χ1) is 12.6. The number of alkyl halides is 1. The van der Waals surface area contributed by atoms with E-state index in [1.54, 1.807) is 0 Å². The molecule has 0 fully saturated rings. The maximum atomic E-state index is 9.31. The van der Waals surface area contributed by atoms with Gasteiger partial charge in [-0.3, -0.25) is 0 Å². The summed E-state index contributed by atoms with van der Waals surface area (Å²) in [6, 6.07) is 7.37. The normalized spacial score (nSPS) is 12.8. The van der Waals surface area contributed by atoms with Crippen LogP contribution in [0.1, 0.15) is 0 Å². The molecule has 1 rings (SSSR count). The number of rotatable bonds is 13. The molecule has 0 amide bonds. The standard InChI is InChI=1S/C17H25ClN4O3S/c1-14(26-11-6-19-13-17(25)12-18)20-21-15-2-4-16(5-3-15)22(7-9-23)8-10-24/h2-6,11,17,19,23-25H,1,7-10,12-13H2/p+1. The third kappa shape index (κ3) is 9.33. The first-order valence-corrected chi connectivity index (χ1v) is 9.58. The number of nitrogens with two attached hydrogens (primary N) is 1. The smallest absolute Gasteiger partial charge is 0.117 e. The molecular formula is C17H26ClN4O3S+. The molecule has 1 unspecified atom stereocenters. The zero-order valence-corrected chi connectivity index (χ0v) is 16.1. The van der Waals surface area contributed by atoms with Crippen molar-refractivity contribution in [2.45, 2.75) is 6.10 Å². The molecule has 7 nitrogen and oxygen atoms in total. The number of benzene rings is 1. The third-order valence-electron chi connectivity index (χ3n) is 3.24. The van der Waals surface area contributed by atoms with Crippen LogP contribution in [0.2, 0.25) is 0 Å². The highest BCUT2D eigenvalue weighted by Crippen LogP contribution is 2.22. The molecule has 1 aromatic carbocycles. The van der Waals surface area contributed by atoms with Gasteiger partial charge in [0.2, 0.25) is 0 Å². The Labute approximate surface area is 163 Å². The van der Waals surface area contributed by atoms with Crippen molar-refractivity contribution in [3.63, 3.8) is 0 Å². The van der Waals surface area contributed by atoms with E-state index in [1.165, 1.54) is 11.8 Å². The van der Waals surface area contributed by atoms with Crippen LogP contribution in [-0.2, 0) is 0 Å². The Balaban J connectivity index is 2.47. The number of nitrogens with zero attached hydrogens (tertiary/aromatic N) is 3. The number of quaternary nitrogens is 1. The van der Waals surface area contributed by atoms with Crippen molar-refractivity contribution in [1.82, 2.24) is 0 Å². The van der Waals surface area contributed by atoms with Crippen molar-refractivity contribution in [3.05, 3.63) is 47.5 Å². The number of anilines is 1. The lowest BCUT2D eigenvalue weighted by molar-refractivity contribution is -0.594. The Morgan fingerprint density at radius 3 is 2.50 bits per heavy atom. The fourth-order valence-electron chi connectivity index (χ4n) is 1.95. The minimum atomic E-state index is -0.525. The quantitative estimate of drug-likeness (QED) is 0.295. The Morgan fingerprint density at radius 2 is 1.92 bits per heavy atom. The van der Waals surface area contributed by atoms with Crippen LogP contribution in [-0.4, -0.2) is 60.2 Å². The van der Waals surface area contributed by atoms with Crippen LogP contribution in [0.5, 0.6) is 0 Å². The Hall–Kier alpha value is -1.42. The highest BCUT2D eigenvalue weighted by Gasteiger charge is 2.05. The maximum absolute atomic E-state index is 9.31. The van der Waals surface area contributed by atoms with E-state index < -0.39 is 6.10 Å². The van der Waals surface area contributed by atoms with Gasteiger partial charge in [0.05, 0.1) is 31.0 Å². The summed E-state index contributed by atoms with van der Waals surface area (Å²) in [4.78, 5) is 1.89. The van der Waals surface area contributed by atoms with E-state index >= 15 is 0 Å². The van der Waals surface area contributed by atoms with Crippen molar-refractivity contribution in [1.29, 1.82) is 0 Å². The average molecular weight is 402 g/mol. The van der Waals surface area contributed by atoms with Crippen LogP contribution < -0.4 is 10.2 Å². The maximum Gasteiger partial charge on any atom is 0.117 e. The molecule has 9 heteroatoms. The zero-order chi connectivity index (χ0) is 19.2. The van der Waals surface area contributed by atoms with Gasteiger partial charge in [0, 0.05) is 24.2 Å². The van der Waals surface area contributed by atoms with Crippen molar-refractivity contribution in [2.24, 2.45) is 10.2 Å². The van der Waals surface area contributed by atoms with Crippen molar-refractivity contribution >= 4 is 34.7 Å². The summed E-state index contributed by atoms with van der Waals surface area (Å²) in [6.45, 7) is 5.28. The molecule has 0 saturated heterocycles. The number of hydrogen-bond donors (Lipinski definition) is 4. The topological polar surface area (TPSA) is 105 Å². The SMILES string of the molecule is C=C(N=Nc1ccc(N(CCO)CCO)cc1)SC=C[NH2+]CC(O)CCl. The van der Waals surface area contributed by atoms with Crippen LogP contribution in [0.3, 0.4) is 0 Å². The summed E-state index contributed by atoms with van der Waals surface area (Å²) < 4.78 is 0. The predicted molar refractivity (Wildman–Crippen MR) is 107 cm³/mol. The van der Waals surface area contributed by atoms with Gasteiger partial charge in [-0.2, -0.15) is 5.11 Å². The Kier molecular flexibility index (Phi) is 12.0. The van der Waals surface area contributed by atoms with Crippen LogP contribution >= 0.6 is 23.4 Å². The Bertz CT molecular complexity index is 578. The summed E-state index contributed by atoms with van der Waals surface area (Å²) in [5.41, 5.74) is 1.59. The van der Waals surface area contributed by atoms with Crippen LogP contribution in [0, 0.1) is 0 Å². The van der Waals surface area contributed by atoms with Gasteiger partial charge in [0.1, 0.15) is 17.7 Å². The lowest BCUT2D eigenvalue weighted by Gasteiger charge is -2.22. The molecule has 0 bridgehead atoms. The number of aliphatic hydroxyl groups is 3. The van der Waals surface area contributed by atoms with E-state index in [4.69, 9.17) is 21.8 Å². The zero-order valence-electron chi connectivity index (χ0n) is 14.5. The third-order valence-corrected chi connectivity index (χ3v) is 4.24. The molecule has 0 aliphatic rings. The van der Waals surface area contributed by atoms with Gasteiger partial charge in [0.15, 0.2) is 0 Å². The van der Waals surface area contributed by atoms with E-state index in [-0.39, 0.29) is 19.1 Å². The van der Waals surface area contributed by atoms with Crippen LogP contribution in [0.25, 0.3) is 0 Å². The molecule has 0 heterocycles. The number of aliphatic hydroxyl groups excluding tert-OH is 3. The molecule has 0 radical (unpaired) electrons. The molecular weight excluding hydrogens is 376 g/mol. The first-order valence-electron chi connectivity index (χ1n) is 8.17. The van der Waals surface area contributed by atoms with Gasteiger partial charge < -0.3 is 25.5 Å². The number of halogens is 1. The van der Waals surface area contributed by atoms with Gasteiger partial charge >= 0.3 is 0 Å². The molecule has 0 spiro atoms. The second kappa shape index (κ2) is 13.7. The number of hydrogen-bond acceptors (Lipinski definition) is 7. The first kappa shape index (κ1) is 22.6. The molecule has 0 aliphatic carbocycles. The van der Waals surface area contributed by atoms with Gasteiger partial charge in [-0.05, 0) is 24.3 Å². The monoisotopic (exact) mass is 401 g/mol. The molecule has 0 aliphatic heterocycles. The van der Waals surface area contributed by atoms with E-state index in [9.17, 15) is 5.11 Å². The minimum Gasteiger partial charge on any atom is -0.395 e. The lowest BCUT2D eigenvalue weighted by atomic mass is 10.2. The van der Waals surface area contributed by atoms with Gasteiger partial charge in [-0.15, -0.1) is 16.7 Å². The number of thioether (sulfide) groups is 1. The van der Waals surface area contributed by atoms with Gasteiger partial charge in [-0.25, -0.2) is 0 Å². The van der Waals surface area contributed by atoms with Crippen molar-refractivity contribution in [2.75, 3.05) is 43.6 Å². The summed E-state index contributed by atoms with van der Waals surface area (Å²) in [5.74, 6) is 0.217. The van der Waals surface area contributed by atoms with Crippen molar-refractivity contribution in [3.8, 4) is 0 Å². The molecule has 144 valence electrons. The van der Waals surface area contributed by atoms with E-state index in [0.717, 1.165) is 5.69 Å². The predicted octanol–water partition coefficient (Wildman–Crippen LogP) is 1.40. The van der Waals surface area contributed by atoms with E-state index in [1.807, 2.05) is 46.1 Å². The fourth-order valence-corrected chi connectivity index (χ4v) is 2.51. The van der Waals surface area contributed by atoms with E-state index in [2.05, 4.69) is 16.8 Å². The van der Waals surface area contributed by atoms with Crippen molar-refractivity contribution < 1.29 is 20.6 Å². The highest BCUT2D eigenvalue weighted by atomic mass is 35.5. The van der Waals surface area contributed by atoms with Gasteiger partial charge in [-0.1, -0.05) is 18.3 Å². The van der Waals surface area contributed by atoms with Crippen LogP contribution in [0.4, 0.5) is 11.4 Å². The molecule has 0 aromatic heterocycles. The summed E-state index contributed by atoms with van der Waals surface area (Å²) in [5, 5.41) is 39.8. The number of azo groups is 1. The summed E-state index contributed by atoms with van der Waals surface area (Å²) >= 11 is 6.84. The van der Waals surface area contributed by atoms with Gasteiger partial charge in [0.25, 0.3) is 0 Å². The molecule has 0 saturated carbocycles. The largest absolute Gasteiger partial charge is 0.395 e. The molecule has 5 N–H and O–H groups in total. The fraction of sp³-hybridized carbons (Fsp3) is 0.412. The minimum absolute atomic E-state index is 0.0221. The highest BCUT2D eigenvalue weighted by molar-refractivity contribution is 8.05. The average Bonchev–Trinajstić information content (AvgIpc) is 2.66. The molecule has 1 aromatic rings. The second-order valence-electron chi connectivity index (χ2n) is 5.27.